The summed E-state index contributed by atoms with van der Waals surface area (Å²) in [4.78, 5) is 16.6. The molecule has 0 aliphatic heterocycles. The topological polar surface area (TPSA) is 54.0 Å². The van der Waals surface area contributed by atoms with Gasteiger partial charge in [0, 0.05) is 28.7 Å². The largest absolute Gasteiger partial charge is 0.331 e. The third-order valence-electron chi connectivity index (χ3n) is 4.09. The highest BCUT2D eigenvalue weighted by Crippen LogP contribution is 2.29. The summed E-state index contributed by atoms with van der Waals surface area (Å²) in [6.07, 6.45) is 2.48. The lowest BCUT2D eigenvalue weighted by Gasteiger charge is -2.07. The van der Waals surface area contributed by atoms with Crippen LogP contribution < -0.4 is 10.6 Å². The molecule has 0 saturated carbocycles. The van der Waals surface area contributed by atoms with Crippen LogP contribution in [-0.2, 0) is 4.79 Å². The van der Waals surface area contributed by atoms with Crippen molar-refractivity contribution < 1.29 is 4.79 Å². The number of unbranched alkanes of at least 4 members (excludes halogenated alkanes) is 1. The Labute approximate surface area is 158 Å². The van der Waals surface area contributed by atoms with Crippen molar-refractivity contribution in [2.24, 2.45) is 0 Å². The Morgan fingerprint density at radius 3 is 2.81 bits per heavy atom. The van der Waals surface area contributed by atoms with E-state index in [1.807, 2.05) is 47.8 Å². The summed E-state index contributed by atoms with van der Waals surface area (Å²) >= 11 is 1.57. The van der Waals surface area contributed by atoms with E-state index in [1.165, 1.54) is 5.56 Å². The molecule has 134 valence electrons. The summed E-state index contributed by atoms with van der Waals surface area (Å²) < 4.78 is 0. The number of aryl methyl sites for hydroxylation is 1. The molecule has 0 bridgehead atoms. The first kappa shape index (κ1) is 18.1. The summed E-state index contributed by atoms with van der Waals surface area (Å²) in [7, 11) is 0. The molecule has 3 aromatic rings. The first-order chi connectivity index (χ1) is 12.7. The molecule has 0 fully saturated rings. The molecule has 4 nitrogen and oxygen atoms in total. The molecule has 1 heterocycles. The van der Waals surface area contributed by atoms with Gasteiger partial charge in [-0.1, -0.05) is 43.7 Å². The van der Waals surface area contributed by atoms with E-state index in [4.69, 9.17) is 0 Å². The number of hydrogen-bond acceptors (Lipinski definition) is 4. The third kappa shape index (κ3) is 4.70. The Kier molecular flexibility index (Phi) is 6.02. The van der Waals surface area contributed by atoms with Crippen LogP contribution in [-0.4, -0.2) is 10.9 Å². The van der Waals surface area contributed by atoms with E-state index < -0.39 is 0 Å². The van der Waals surface area contributed by atoms with Gasteiger partial charge in [0.15, 0.2) is 5.13 Å². The van der Waals surface area contributed by atoms with Gasteiger partial charge in [-0.15, -0.1) is 11.3 Å². The molecule has 0 saturated heterocycles. The van der Waals surface area contributed by atoms with Crippen molar-refractivity contribution in [3.8, 4) is 11.3 Å². The molecule has 1 amide bonds. The molecule has 0 aliphatic rings. The fourth-order valence-corrected chi connectivity index (χ4v) is 3.34. The van der Waals surface area contributed by atoms with Crippen molar-refractivity contribution in [2.45, 2.75) is 33.1 Å². The number of rotatable bonds is 7. The normalized spacial score (nSPS) is 10.5. The van der Waals surface area contributed by atoms with Crippen LogP contribution in [0.3, 0.4) is 0 Å². The van der Waals surface area contributed by atoms with Crippen LogP contribution in [0.5, 0.6) is 0 Å². The zero-order chi connectivity index (χ0) is 18.4. The quantitative estimate of drug-likeness (QED) is 0.540. The Balaban J connectivity index is 1.72. The van der Waals surface area contributed by atoms with Crippen molar-refractivity contribution in [3.05, 3.63) is 59.5 Å². The van der Waals surface area contributed by atoms with Gasteiger partial charge in [0.2, 0.25) is 5.91 Å². The van der Waals surface area contributed by atoms with Crippen LogP contribution in [0.15, 0.2) is 53.9 Å². The van der Waals surface area contributed by atoms with E-state index in [1.54, 1.807) is 11.3 Å². The smallest absolute Gasteiger partial charge is 0.224 e. The van der Waals surface area contributed by atoms with Crippen LogP contribution in [0.1, 0.15) is 31.7 Å². The van der Waals surface area contributed by atoms with E-state index in [-0.39, 0.29) is 5.91 Å². The molecule has 0 unspecified atom stereocenters. The number of para-hydroxylation sites is 1. The number of anilines is 3. The second-order valence-corrected chi connectivity index (χ2v) is 7.07. The summed E-state index contributed by atoms with van der Waals surface area (Å²) in [6, 6.07) is 16.0. The lowest BCUT2D eigenvalue weighted by atomic mass is 10.1. The van der Waals surface area contributed by atoms with Crippen molar-refractivity contribution in [3.63, 3.8) is 0 Å². The van der Waals surface area contributed by atoms with Crippen LogP contribution in [0.25, 0.3) is 11.3 Å². The van der Waals surface area contributed by atoms with E-state index in [0.717, 1.165) is 40.6 Å². The maximum atomic E-state index is 11.9. The van der Waals surface area contributed by atoms with Crippen molar-refractivity contribution in [2.75, 3.05) is 10.6 Å². The Morgan fingerprint density at radius 1 is 1.15 bits per heavy atom. The number of carbonyl (C=O) groups excluding carboxylic acids is 1. The molecule has 2 aromatic carbocycles. The zero-order valence-electron chi connectivity index (χ0n) is 15.1. The Bertz CT molecular complexity index is 888. The molecule has 1 aromatic heterocycles. The van der Waals surface area contributed by atoms with Gasteiger partial charge in [-0.05, 0) is 37.1 Å². The number of carbonyl (C=O) groups is 1. The van der Waals surface area contributed by atoms with Gasteiger partial charge >= 0.3 is 0 Å². The van der Waals surface area contributed by atoms with E-state index in [2.05, 4.69) is 35.5 Å². The van der Waals surface area contributed by atoms with Gasteiger partial charge in [-0.3, -0.25) is 4.79 Å². The number of aromatic nitrogens is 1. The van der Waals surface area contributed by atoms with Crippen LogP contribution in [0.4, 0.5) is 16.5 Å². The average molecular weight is 366 g/mol. The fourth-order valence-electron chi connectivity index (χ4n) is 2.61. The van der Waals surface area contributed by atoms with Crippen molar-refractivity contribution >= 4 is 33.8 Å². The van der Waals surface area contributed by atoms with Crippen LogP contribution >= 0.6 is 11.3 Å². The number of nitrogens with one attached hydrogen (secondary N) is 2. The predicted molar refractivity (Wildman–Crippen MR) is 110 cm³/mol. The lowest BCUT2D eigenvalue weighted by molar-refractivity contribution is -0.116. The van der Waals surface area contributed by atoms with Crippen molar-refractivity contribution in [1.29, 1.82) is 0 Å². The average Bonchev–Trinajstić information content (AvgIpc) is 3.11. The standard InChI is InChI=1S/C21H23N3OS/c1-3-4-12-20(25)22-17-10-7-9-16(13-17)19-14-26-21(24-19)23-18-11-6-5-8-15(18)2/h5-11,13-14H,3-4,12H2,1-2H3,(H,22,25)(H,23,24). The molecule has 0 radical (unpaired) electrons. The van der Waals surface area contributed by atoms with Gasteiger partial charge in [-0.2, -0.15) is 0 Å². The summed E-state index contributed by atoms with van der Waals surface area (Å²) in [6.45, 7) is 4.15. The minimum atomic E-state index is 0.0594. The molecule has 26 heavy (non-hydrogen) atoms. The molecule has 3 rings (SSSR count). The highest BCUT2D eigenvalue weighted by atomic mass is 32.1. The maximum absolute atomic E-state index is 11.9. The van der Waals surface area contributed by atoms with Crippen molar-refractivity contribution in [1.82, 2.24) is 4.98 Å². The highest BCUT2D eigenvalue weighted by Gasteiger charge is 2.08. The second-order valence-electron chi connectivity index (χ2n) is 6.21. The summed E-state index contributed by atoms with van der Waals surface area (Å²) in [5, 5.41) is 9.21. The van der Waals surface area contributed by atoms with Gasteiger partial charge in [0.05, 0.1) is 5.69 Å². The molecule has 0 spiro atoms. The van der Waals surface area contributed by atoms with E-state index in [9.17, 15) is 4.79 Å². The van der Waals surface area contributed by atoms with Gasteiger partial charge in [0.25, 0.3) is 0 Å². The van der Waals surface area contributed by atoms with Crippen LogP contribution in [0.2, 0.25) is 0 Å². The number of hydrogen-bond donors (Lipinski definition) is 2. The monoisotopic (exact) mass is 365 g/mol. The van der Waals surface area contributed by atoms with Gasteiger partial charge in [-0.25, -0.2) is 4.98 Å². The van der Waals surface area contributed by atoms with Crippen LogP contribution in [0, 0.1) is 6.92 Å². The number of thiazole rings is 1. The molecule has 0 atom stereocenters. The second kappa shape index (κ2) is 8.63. The SMILES string of the molecule is CCCCC(=O)Nc1cccc(-c2csc(Nc3ccccc3C)n2)c1. The number of nitrogens with zero attached hydrogens (tertiary/aromatic N) is 1. The Hall–Kier alpha value is -2.66. The zero-order valence-corrected chi connectivity index (χ0v) is 15.9. The Morgan fingerprint density at radius 2 is 2.00 bits per heavy atom. The molecule has 0 aliphatic carbocycles. The summed E-state index contributed by atoms with van der Waals surface area (Å²) in [5.74, 6) is 0.0594. The van der Waals surface area contributed by atoms with E-state index in [0.29, 0.717) is 6.42 Å². The minimum absolute atomic E-state index is 0.0594. The molecular formula is C21H23N3OS. The maximum Gasteiger partial charge on any atom is 0.224 e. The third-order valence-corrected chi connectivity index (χ3v) is 4.85. The predicted octanol–water partition coefficient (Wildman–Crippen LogP) is 5.99. The lowest BCUT2D eigenvalue weighted by Crippen LogP contribution is -2.10. The highest BCUT2D eigenvalue weighted by molar-refractivity contribution is 7.14. The van der Waals surface area contributed by atoms with Gasteiger partial charge in [0.1, 0.15) is 0 Å². The minimum Gasteiger partial charge on any atom is -0.331 e. The number of benzene rings is 2. The first-order valence-corrected chi connectivity index (χ1v) is 9.72. The number of amides is 1. The van der Waals surface area contributed by atoms with Gasteiger partial charge < -0.3 is 10.6 Å². The summed E-state index contributed by atoms with van der Waals surface area (Å²) in [5.41, 5.74) is 4.94. The molecular weight excluding hydrogens is 342 g/mol. The molecule has 5 heteroatoms. The first-order valence-electron chi connectivity index (χ1n) is 8.84. The molecule has 2 N–H and O–H groups in total. The fraction of sp³-hybridized carbons (Fsp3) is 0.238. The van der Waals surface area contributed by atoms with E-state index >= 15 is 0 Å².